The average molecular weight is 254 g/mol. The fourth-order valence-corrected chi connectivity index (χ4v) is 1.95. The zero-order valence-electron chi connectivity index (χ0n) is 10.2. The van der Waals surface area contributed by atoms with E-state index in [1.165, 1.54) is 5.56 Å². The molecule has 5 heteroatoms. The van der Waals surface area contributed by atoms with Gasteiger partial charge in [-0.2, -0.15) is 0 Å². The van der Waals surface area contributed by atoms with Crippen LogP contribution in [0.1, 0.15) is 18.9 Å². The van der Waals surface area contributed by atoms with E-state index in [1.807, 2.05) is 19.1 Å². The Morgan fingerprint density at radius 3 is 2.61 bits per heavy atom. The number of halogens is 2. The summed E-state index contributed by atoms with van der Waals surface area (Å²) in [6.07, 6.45) is 0.483. The van der Waals surface area contributed by atoms with Crippen molar-refractivity contribution in [2.75, 3.05) is 11.9 Å². The molecular weight excluding hydrogens is 238 g/mol. The van der Waals surface area contributed by atoms with Crippen molar-refractivity contribution in [3.05, 3.63) is 29.8 Å². The second-order valence-electron chi connectivity index (χ2n) is 4.53. The first-order valence-electron chi connectivity index (χ1n) is 6.01. The van der Waals surface area contributed by atoms with E-state index in [0.717, 1.165) is 6.42 Å². The van der Waals surface area contributed by atoms with Gasteiger partial charge in [-0.3, -0.25) is 10.1 Å². The molecule has 1 aliphatic rings. The zero-order valence-corrected chi connectivity index (χ0v) is 10.2. The number of alkyl halides is 2. The van der Waals surface area contributed by atoms with Gasteiger partial charge in [0.25, 0.3) is 5.92 Å². The topological polar surface area (TPSA) is 41.1 Å². The molecule has 0 spiro atoms. The van der Waals surface area contributed by atoms with Crippen LogP contribution in [0.2, 0.25) is 0 Å². The minimum atomic E-state index is -2.78. The summed E-state index contributed by atoms with van der Waals surface area (Å²) >= 11 is 0. The van der Waals surface area contributed by atoms with E-state index in [4.69, 9.17) is 0 Å². The van der Waals surface area contributed by atoms with E-state index in [0.29, 0.717) is 5.69 Å². The normalized spacial score (nSPS) is 21.8. The lowest BCUT2D eigenvalue weighted by Gasteiger charge is -2.11. The molecular formula is C13H16F2N2O. The third-order valence-electron chi connectivity index (χ3n) is 3.06. The molecule has 1 aliphatic heterocycles. The molecule has 1 fully saturated rings. The summed E-state index contributed by atoms with van der Waals surface area (Å²) in [6, 6.07) is 6.57. The molecule has 1 aromatic rings. The molecule has 98 valence electrons. The number of rotatable bonds is 3. The lowest BCUT2D eigenvalue weighted by Crippen LogP contribution is -2.35. The fourth-order valence-electron chi connectivity index (χ4n) is 1.95. The molecule has 1 unspecified atom stereocenters. The van der Waals surface area contributed by atoms with Gasteiger partial charge >= 0.3 is 0 Å². The largest absolute Gasteiger partial charge is 0.325 e. The van der Waals surface area contributed by atoms with Gasteiger partial charge in [0.05, 0.1) is 12.6 Å². The van der Waals surface area contributed by atoms with Gasteiger partial charge in [-0.05, 0) is 24.1 Å². The van der Waals surface area contributed by atoms with E-state index in [9.17, 15) is 13.6 Å². The molecule has 1 heterocycles. The second kappa shape index (κ2) is 5.02. The summed E-state index contributed by atoms with van der Waals surface area (Å²) in [5.74, 6) is -3.19. The van der Waals surface area contributed by atoms with Gasteiger partial charge in [-0.1, -0.05) is 19.1 Å². The highest BCUT2D eigenvalue weighted by Gasteiger charge is 2.42. The van der Waals surface area contributed by atoms with Crippen LogP contribution in [0.15, 0.2) is 24.3 Å². The number of aryl methyl sites for hydroxylation is 1. The van der Waals surface area contributed by atoms with Crippen molar-refractivity contribution >= 4 is 11.6 Å². The van der Waals surface area contributed by atoms with Crippen molar-refractivity contribution in [2.45, 2.75) is 31.7 Å². The highest BCUT2D eigenvalue weighted by molar-refractivity contribution is 5.95. The fraction of sp³-hybridized carbons (Fsp3) is 0.462. The molecule has 18 heavy (non-hydrogen) atoms. The van der Waals surface area contributed by atoms with Crippen LogP contribution in [0.5, 0.6) is 0 Å². The third kappa shape index (κ3) is 3.04. The second-order valence-corrected chi connectivity index (χ2v) is 4.53. The number of benzene rings is 1. The smallest absolute Gasteiger partial charge is 0.262 e. The number of anilines is 1. The monoisotopic (exact) mass is 254 g/mol. The first kappa shape index (κ1) is 13.0. The SMILES string of the molecule is CCc1ccc(NC(=O)C2CC(F)(F)CN2)cc1. The van der Waals surface area contributed by atoms with Crippen molar-refractivity contribution in [3.63, 3.8) is 0 Å². The molecule has 1 atom stereocenters. The summed E-state index contributed by atoms with van der Waals surface area (Å²) in [6.45, 7) is 1.61. The zero-order chi connectivity index (χ0) is 13.2. The predicted molar refractivity (Wildman–Crippen MR) is 65.8 cm³/mol. The molecule has 3 nitrogen and oxygen atoms in total. The molecule has 0 saturated carbocycles. The molecule has 1 amide bonds. The van der Waals surface area contributed by atoms with E-state index in [2.05, 4.69) is 10.6 Å². The first-order chi connectivity index (χ1) is 8.50. The number of carbonyl (C=O) groups excluding carboxylic acids is 1. The van der Waals surface area contributed by atoms with Crippen LogP contribution in [-0.2, 0) is 11.2 Å². The third-order valence-corrected chi connectivity index (χ3v) is 3.06. The van der Waals surface area contributed by atoms with Gasteiger partial charge in [0.1, 0.15) is 0 Å². The standard InChI is InChI=1S/C13H16F2N2O/c1-2-9-3-5-10(6-4-9)17-12(18)11-7-13(14,15)8-16-11/h3-6,11,16H,2,7-8H2,1H3,(H,17,18). The minimum absolute atomic E-state index is 0.406. The Morgan fingerprint density at radius 1 is 1.44 bits per heavy atom. The van der Waals surface area contributed by atoms with Crippen molar-refractivity contribution in [2.24, 2.45) is 0 Å². The number of hydrogen-bond acceptors (Lipinski definition) is 2. The Morgan fingerprint density at radius 2 is 2.11 bits per heavy atom. The summed E-state index contributed by atoms with van der Waals surface area (Å²) < 4.78 is 25.9. The number of nitrogens with one attached hydrogen (secondary N) is 2. The molecule has 0 radical (unpaired) electrons. The number of carbonyl (C=O) groups is 1. The van der Waals surface area contributed by atoms with E-state index < -0.39 is 30.8 Å². The van der Waals surface area contributed by atoms with Crippen LogP contribution in [-0.4, -0.2) is 24.4 Å². The Balaban J connectivity index is 1.95. The molecule has 0 aliphatic carbocycles. The predicted octanol–water partition coefficient (Wildman–Crippen LogP) is 2.18. The summed E-state index contributed by atoms with van der Waals surface area (Å²) in [5, 5.41) is 5.17. The van der Waals surface area contributed by atoms with E-state index >= 15 is 0 Å². The molecule has 2 N–H and O–H groups in total. The van der Waals surface area contributed by atoms with Crippen LogP contribution >= 0.6 is 0 Å². The quantitative estimate of drug-likeness (QED) is 0.868. The van der Waals surface area contributed by atoms with Crippen LogP contribution in [0.4, 0.5) is 14.5 Å². The maximum Gasteiger partial charge on any atom is 0.262 e. The summed E-state index contributed by atoms with van der Waals surface area (Å²) in [7, 11) is 0. The van der Waals surface area contributed by atoms with Crippen LogP contribution in [0.3, 0.4) is 0 Å². The Hall–Kier alpha value is -1.49. The lowest BCUT2D eigenvalue weighted by molar-refractivity contribution is -0.118. The van der Waals surface area contributed by atoms with Crippen molar-refractivity contribution in [1.82, 2.24) is 5.32 Å². The minimum Gasteiger partial charge on any atom is -0.325 e. The van der Waals surface area contributed by atoms with Crippen molar-refractivity contribution in [1.29, 1.82) is 0 Å². The van der Waals surface area contributed by atoms with E-state index in [1.54, 1.807) is 12.1 Å². The van der Waals surface area contributed by atoms with Gasteiger partial charge in [0.2, 0.25) is 5.91 Å². The maximum atomic E-state index is 12.9. The average Bonchev–Trinajstić information content (AvgIpc) is 2.71. The van der Waals surface area contributed by atoms with Crippen LogP contribution in [0, 0.1) is 0 Å². The summed E-state index contributed by atoms with van der Waals surface area (Å²) in [5.41, 5.74) is 1.80. The lowest BCUT2D eigenvalue weighted by atomic mass is 10.1. The Kier molecular flexibility index (Phi) is 3.61. The Labute approximate surface area is 105 Å². The van der Waals surface area contributed by atoms with Gasteiger partial charge in [0.15, 0.2) is 0 Å². The molecule has 2 rings (SSSR count). The number of hydrogen-bond donors (Lipinski definition) is 2. The Bertz CT molecular complexity index is 431. The van der Waals surface area contributed by atoms with Crippen molar-refractivity contribution < 1.29 is 13.6 Å². The molecule has 0 bridgehead atoms. The molecule has 0 aromatic heterocycles. The highest BCUT2D eigenvalue weighted by atomic mass is 19.3. The first-order valence-corrected chi connectivity index (χ1v) is 6.01. The summed E-state index contributed by atoms with van der Waals surface area (Å²) in [4.78, 5) is 11.8. The van der Waals surface area contributed by atoms with Crippen molar-refractivity contribution in [3.8, 4) is 0 Å². The van der Waals surface area contributed by atoms with Gasteiger partial charge in [-0.25, -0.2) is 8.78 Å². The van der Waals surface area contributed by atoms with Crippen LogP contribution in [0.25, 0.3) is 0 Å². The van der Waals surface area contributed by atoms with Gasteiger partial charge in [-0.15, -0.1) is 0 Å². The van der Waals surface area contributed by atoms with Gasteiger partial charge < -0.3 is 5.32 Å². The maximum absolute atomic E-state index is 12.9. The van der Waals surface area contributed by atoms with E-state index in [-0.39, 0.29) is 0 Å². The van der Waals surface area contributed by atoms with Crippen LogP contribution < -0.4 is 10.6 Å². The molecule has 1 aromatic carbocycles. The highest BCUT2D eigenvalue weighted by Crippen LogP contribution is 2.25. The van der Waals surface area contributed by atoms with Gasteiger partial charge in [0, 0.05) is 12.1 Å². The number of amides is 1. The molecule has 1 saturated heterocycles.